The molecule has 0 bridgehead atoms. The number of carbonyl (C=O) groups is 6. The summed E-state index contributed by atoms with van der Waals surface area (Å²) in [5.41, 5.74) is 1.66. The number of amides is 4. The molecule has 1 aromatic carbocycles. The van der Waals surface area contributed by atoms with Gasteiger partial charge in [-0.05, 0) is 63.0 Å². The summed E-state index contributed by atoms with van der Waals surface area (Å²) < 4.78 is 16.1. The fourth-order valence-corrected chi connectivity index (χ4v) is 6.02. The second-order valence-corrected chi connectivity index (χ2v) is 14.5. The standard InChI is InChI=1S/C36H54N4O9/c1-22(2)30(37-28(41)15-11-12-16-29(42)49-36(5,6)7)32(43)38-31(23(3)4)33(44)40-21-26(19-27(40)34(45)47-8)48-35(46)39-18-17-24-13-9-10-14-25(24)20-39/h9-10,13-14,22-23,26-27,30-31H,11-12,15-21H2,1-8H3,(H,37,41)(H,38,43)/t26-,27+,30+,31+/m1/s1. The van der Waals surface area contributed by atoms with Crippen molar-refractivity contribution in [3.05, 3.63) is 35.4 Å². The van der Waals surface area contributed by atoms with Gasteiger partial charge in [0.2, 0.25) is 17.7 Å². The molecule has 1 aromatic rings. The summed E-state index contributed by atoms with van der Waals surface area (Å²) in [6, 6.07) is 4.95. The highest BCUT2D eigenvalue weighted by Gasteiger charge is 2.45. The molecule has 0 aliphatic carbocycles. The molecule has 0 radical (unpaired) electrons. The Hall–Kier alpha value is -4.16. The molecule has 2 heterocycles. The first-order valence-electron chi connectivity index (χ1n) is 17.2. The van der Waals surface area contributed by atoms with Crippen LogP contribution in [0.15, 0.2) is 24.3 Å². The normalized spacial score (nSPS) is 18.7. The van der Waals surface area contributed by atoms with Crippen molar-refractivity contribution in [2.24, 2.45) is 11.8 Å². The minimum atomic E-state index is -1.03. The molecule has 13 nitrogen and oxygen atoms in total. The molecule has 0 spiro atoms. The third-order valence-electron chi connectivity index (χ3n) is 8.63. The molecule has 4 amide bonds. The molecule has 2 aliphatic heterocycles. The van der Waals surface area contributed by atoms with Crippen molar-refractivity contribution < 1.29 is 43.0 Å². The van der Waals surface area contributed by atoms with E-state index in [-0.39, 0.29) is 49.5 Å². The summed E-state index contributed by atoms with van der Waals surface area (Å²) in [6.45, 7) is 13.3. The van der Waals surface area contributed by atoms with Gasteiger partial charge in [-0.25, -0.2) is 9.59 Å². The quantitative estimate of drug-likeness (QED) is 0.180. The number of likely N-dealkylation sites (tertiary alicyclic amines) is 1. The summed E-state index contributed by atoms with van der Waals surface area (Å²) >= 11 is 0. The Morgan fingerprint density at radius 2 is 1.53 bits per heavy atom. The van der Waals surface area contributed by atoms with E-state index in [2.05, 4.69) is 10.6 Å². The van der Waals surface area contributed by atoms with Crippen LogP contribution in [-0.2, 0) is 51.1 Å². The highest BCUT2D eigenvalue weighted by molar-refractivity contribution is 5.94. The van der Waals surface area contributed by atoms with Gasteiger partial charge >= 0.3 is 18.0 Å². The van der Waals surface area contributed by atoms with Gasteiger partial charge in [0.1, 0.15) is 29.8 Å². The Balaban J connectivity index is 1.61. The Bertz CT molecular complexity index is 1360. The third-order valence-corrected chi connectivity index (χ3v) is 8.63. The highest BCUT2D eigenvalue weighted by Crippen LogP contribution is 2.26. The summed E-state index contributed by atoms with van der Waals surface area (Å²) in [4.78, 5) is 81.1. The van der Waals surface area contributed by atoms with Crippen molar-refractivity contribution >= 4 is 35.8 Å². The number of nitrogens with one attached hydrogen (secondary N) is 2. The number of methoxy groups -OCH3 is 1. The number of rotatable bonds is 13. The third kappa shape index (κ3) is 11.5. The van der Waals surface area contributed by atoms with Crippen molar-refractivity contribution in [2.75, 3.05) is 20.2 Å². The first-order valence-corrected chi connectivity index (χ1v) is 17.2. The fourth-order valence-electron chi connectivity index (χ4n) is 6.02. The highest BCUT2D eigenvalue weighted by atomic mass is 16.6. The van der Waals surface area contributed by atoms with E-state index in [0.717, 1.165) is 5.56 Å². The molecule has 49 heavy (non-hydrogen) atoms. The molecule has 0 unspecified atom stereocenters. The number of unbranched alkanes of at least 4 members (excludes halogenated alkanes) is 1. The lowest BCUT2D eigenvalue weighted by atomic mass is 9.98. The van der Waals surface area contributed by atoms with Gasteiger partial charge in [0.25, 0.3) is 0 Å². The molecule has 2 aliphatic rings. The fraction of sp³-hybridized carbons (Fsp3) is 0.667. The monoisotopic (exact) mass is 686 g/mol. The van der Waals surface area contributed by atoms with Crippen LogP contribution in [0.3, 0.4) is 0 Å². The summed E-state index contributed by atoms with van der Waals surface area (Å²) in [5.74, 6) is -3.05. The van der Waals surface area contributed by atoms with Crippen molar-refractivity contribution in [3.63, 3.8) is 0 Å². The van der Waals surface area contributed by atoms with Crippen molar-refractivity contribution in [1.29, 1.82) is 0 Å². The molecule has 2 N–H and O–H groups in total. The first kappa shape index (κ1) is 39.3. The number of carbonyl (C=O) groups excluding carboxylic acids is 6. The Morgan fingerprint density at radius 3 is 2.14 bits per heavy atom. The van der Waals surface area contributed by atoms with Gasteiger partial charge in [0, 0.05) is 32.4 Å². The Kier molecular flexibility index (Phi) is 14.0. The van der Waals surface area contributed by atoms with Crippen LogP contribution < -0.4 is 10.6 Å². The lowest BCUT2D eigenvalue weighted by molar-refractivity contribution is -0.155. The minimum Gasteiger partial charge on any atom is -0.467 e. The smallest absolute Gasteiger partial charge is 0.410 e. The van der Waals surface area contributed by atoms with Crippen LogP contribution in [0.4, 0.5) is 4.79 Å². The predicted molar refractivity (Wildman–Crippen MR) is 181 cm³/mol. The van der Waals surface area contributed by atoms with Crippen LogP contribution in [0.25, 0.3) is 0 Å². The second-order valence-electron chi connectivity index (χ2n) is 14.5. The molecular weight excluding hydrogens is 632 g/mol. The first-order chi connectivity index (χ1) is 23.0. The topological polar surface area (TPSA) is 161 Å². The summed E-state index contributed by atoms with van der Waals surface area (Å²) in [7, 11) is 1.23. The number of fused-ring (bicyclic) bond motifs is 1. The number of benzene rings is 1. The van der Waals surface area contributed by atoms with E-state index in [9.17, 15) is 28.8 Å². The van der Waals surface area contributed by atoms with E-state index in [0.29, 0.717) is 32.4 Å². The van der Waals surface area contributed by atoms with E-state index in [4.69, 9.17) is 14.2 Å². The number of hydrogen-bond donors (Lipinski definition) is 2. The number of nitrogens with zero attached hydrogens (tertiary/aromatic N) is 2. The van der Waals surface area contributed by atoms with Gasteiger partial charge in [-0.1, -0.05) is 52.0 Å². The lowest BCUT2D eigenvalue weighted by Crippen LogP contribution is -2.58. The van der Waals surface area contributed by atoms with Crippen molar-refractivity contribution in [2.45, 2.75) is 123 Å². The number of ether oxygens (including phenoxy) is 3. The van der Waals surface area contributed by atoms with Gasteiger partial charge < -0.3 is 34.6 Å². The van der Waals surface area contributed by atoms with Crippen LogP contribution in [0.2, 0.25) is 0 Å². The predicted octanol–water partition coefficient (Wildman–Crippen LogP) is 3.51. The number of esters is 2. The zero-order chi connectivity index (χ0) is 36.5. The average Bonchev–Trinajstić information content (AvgIpc) is 3.46. The van der Waals surface area contributed by atoms with Gasteiger partial charge in [0.05, 0.1) is 13.7 Å². The van der Waals surface area contributed by atoms with E-state index < -0.39 is 53.7 Å². The molecule has 4 atom stereocenters. The molecule has 272 valence electrons. The zero-order valence-corrected chi connectivity index (χ0v) is 30.2. The van der Waals surface area contributed by atoms with Crippen molar-refractivity contribution in [3.8, 4) is 0 Å². The molecular formula is C36H54N4O9. The molecule has 1 saturated heterocycles. The molecule has 1 fully saturated rings. The lowest BCUT2D eigenvalue weighted by Gasteiger charge is -2.31. The maximum Gasteiger partial charge on any atom is 0.410 e. The molecule has 0 saturated carbocycles. The SMILES string of the molecule is COC(=O)[C@@H]1C[C@@H](OC(=O)N2CCc3ccccc3C2)CN1C(=O)[C@@H](NC(=O)[C@@H](NC(=O)CCCCC(=O)OC(C)(C)C)C(C)C)C(C)C. The van der Waals surface area contributed by atoms with Crippen LogP contribution >= 0.6 is 0 Å². The van der Waals surface area contributed by atoms with Crippen LogP contribution in [-0.4, -0.2) is 95.6 Å². The van der Waals surface area contributed by atoms with Gasteiger partial charge in [-0.3, -0.25) is 19.2 Å². The molecule has 13 heteroatoms. The largest absolute Gasteiger partial charge is 0.467 e. The summed E-state index contributed by atoms with van der Waals surface area (Å²) in [6.07, 6.45) is 0.692. The van der Waals surface area contributed by atoms with E-state index in [1.165, 1.54) is 17.6 Å². The Morgan fingerprint density at radius 1 is 0.898 bits per heavy atom. The molecule has 0 aromatic heterocycles. The van der Waals surface area contributed by atoms with Gasteiger partial charge in [-0.15, -0.1) is 0 Å². The minimum absolute atomic E-state index is 0.0402. The van der Waals surface area contributed by atoms with E-state index in [1.54, 1.807) is 53.4 Å². The average molecular weight is 687 g/mol. The van der Waals surface area contributed by atoms with Crippen LogP contribution in [0.5, 0.6) is 0 Å². The van der Waals surface area contributed by atoms with Crippen LogP contribution in [0, 0.1) is 11.8 Å². The zero-order valence-electron chi connectivity index (χ0n) is 30.2. The number of hydrogen-bond acceptors (Lipinski definition) is 9. The van der Waals surface area contributed by atoms with E-state index in [1.807, 2.05) is 24.3 Å². The van der Waals surface area contributed by atoms with Crippen LogP contribution in [0.1, 0.15) is 91.7 Å². The van der Waals surface area contributed by atoms with Gasteiger partial charge in [0.15, 0.2) is 0 Å². The maximum atomic E-state index is 14.0. The second kappa shape index (κ2) is 17.5. The maximum absolute atomic E-state index is 14.0. The Labute approximate surface area is 289 Å². The molecule has 3 rings (SSSR count). The van der Waals surface area contributed by atoms with E-state index >= 15 is 0 Å². The van der Waals surface area contributed by atoms with Crippen molar-refractivity contribution in [1.82, 2.24) is 20.4 Å². The summed E-state index contributed by atoms with van der Waals surface area (Å²) in [5, 5.41) is 5.57. The van der Waals surface area contributed by atoms with Gasteiger partial charge in [-0.2, -0.15) is 0 Å².